The Hall–Kier alpha value is -1.40. The molecule has 0 aliphatic carbocycles. The quantitative estimate of drug-likeness (QED) is 0.0320. The molecule has 0 spiro atoms. The topological polar surface area (TPSA) is 95.9 Å². The highest BCUT2D eigenvalue weighted by Gasteiger charge is 2.18. The van der Waals surface area contributed by atoms with Crippen LogP contribution in [0.2, 0.25) is 0 Å². The van der Waals surface area contributed by atoms with Gasteiger partial charge in [-0.15, -0.1) is 0 Å². The lowest BCUT2D eigenvalue weighted by atomic mass is 10.0. The average Bonchev–Trinajstić information content (AvgIpc) is 3.51. The van der Waals surface area contributed by atoms with Crippen LogP contribution in [0, 0.1) is 0 Å². The lowest BCUT2D eigenvalue weighted by Crippen LogP contribution is -2.45. The summed E-state index contributed by atoms with van der Waals surface area (Å²) in [5, 5.41) is 23.3. The van der Waals surface area contributed by atoms with Gasteiger partial charge in [0.25, 0.3) is 0 Å². The van der Waals surface area contributed by atoms with Gasteiger partial charge in [0, 0.05) is 12.8 Å². The molecule has 0 rings (SSSR count). The second-order valence-electron chi connectivity index (χ2n) is 27.1. The van der Waals surface area contributed by atoms with Gasteiger partial charge in [0.2, 0.25) is 5.91 Å². The Bertz CT molecular complexity index is 1270. The van der Waals surface area contributed by atoms with Crippen LogP contribution in [0.15, 0.2) is 12.2 Å². The summed E-state index contributed by atoms with van der Waals surface area (Å²) < 4.78 is 5.52. The van der Waals surface area contributed by atoms with Gasteiger partial charge in [0.05, 0.1) is 25.4 Å². The Morgan fingerprint density at radius 2 is 0.548 bits per heavy atom. The van der Waals surface area contributed by atoms with Crippen LogP contribution in [0.3, 0.4) is 0 Å². The van der Waals surface area contributed by atoms with E-state index in [0.717, 1.165) is 38.5 Å². The monoisotopic (exact) mass is 1180 g/mol. The van der Waals surface area contributed by atoms with Gasteiger partial charge in [-0.1, -0.05) is 418 Å². The molecule has 0 saturated heterocycles. The maximum Gasteiger partial charge on any atom is 0.305 e. The second-order valence-corrected chi connectivity index (χ2v) is 27.1. The molecule has 500 valence electrons. The first-order valence-electron chi connectivity index (χ1n) is 39.0. The second kappa shape index (κ2) is 74.1. The van der Waals surface area contributed by atoms with Gasteiger partial charge >= 0.3 is 5.97 Å². The van der Waals surface area contributed by atoms with Crippen molar-refractivity contribution in [1.29, 1.82) is 0 Å². The number of aliphatic hydroxyl groups is 2. The van der Waals surface area contributed by atoms with E-state index in [2.05, 4.69) is 19.2 Å². The van der Waals surface area contributed by atoms with E-state index >= 15 is 0 Å². The molecule has 0 aromatic heterocycles. The highest BCUT2D eigenvalue weighted by molar-refractivity contribution is 5.76. The summed E-state index contributed by atoms with van der Waals surface area (Å²) in [4.78, 5) is 24.6. The number of hydrogen-bond acceptors (Lipinski definition) is 5. The molecule has 0 fully saturated rings. The van der Waals surface area contributed by atoms with Crippen LogP contribution in [0.5, 0.6) is 0 Å². The van der Waals surface area contributed by atoms with Gasteiger partial charge in [-0.05, 0) is 32.1 Å². The number of ether oxygens (including phenoxy) is 1. The highest BCUT2D eigenvalue weighted by Crippen LogP contribution is 2.20. The Labute approximate surface area is 527 Å². The molecule has 0 radical (unpaired) electrons. The number of aliphatic hydroxyl groups excluding tert-OH is 2. The minimum absolute atomic E-state index is 0.0250. The van der Waals surface area contributed by atoms with Gasteiger partial charge in [-0.25, -0.2) is 0 Å². The highest BCUT2D eigenvalue weighted by atomic mass is 16.5. The fraction of sp³-hybridized carbons (Fsp3) is 0.949. The molecule has 0 heterocycles. The third-order valence-corrected chi connectivity index (χ3v) is 18.6. The average molecular weight is 1190 g/mol. The molecule has 2 atom stereocenters. The van der Waals surface area contributed by atoms with E-state index in [-0.39, 0.29) is 18.5 Å². The zero-order chi connectivity index (χ0) is 60.6. The van der Waals surface area contributed by atoms with E-state index in [1.807, 2.05) is 6.08 Å². The third-order valence-electron chi connectivity index (χ3n) is 18.6. The first kappa shape index (κ1) is 82.6. The van der Waals surface area contributed by atoms with E-state index in [0.29, 0.717) is 19.4 Å². The Morgan fingerprint density at radius 3 is 0.810 bits per heavy atom. The van der Waals surface area contributed by atoms with Gasteiger partial charge in [0.1, 0.15) is 0 Å². The molecule has 0 aliphatic rings. The number of nitrogens with one attached hydrogen (secondary N) is 1. The molecule has 0 bridgehead atoms. The molecular formula is C78H153NO5. The first-order chi connectivity index (χ1) is 41.5. The first-order valence-corrected chi connectivity index (χ1v) is 39.0. The van der Waals surface area contributed by atoms with Crippen LogP contribution in [0.1, 0.15) is 450 Å². The fourth-order valence-electron chi connectivity index (χ4n) is 12.6. The van der Waals surface area contributed by atoms with Gasteiger partial charge in [-0.2, -0.15) is 0 Å². The standard InChI is InChI=1S/C78H153NO5/c1-3-5-7-9-11-13-15-17-19-21-22-35-39-42-46-50-54-58-62-66-70-76(81)75(74-80)79-77(82)71-67-63-59-55-51-47-43-40-36-33-31-29-27-25-23-24-26-28-30-32-34-37-41-45-49-53-57-61-65-69-73-84-78(83)72-68-64-60-56-52-48-44-38-20-18-16-14-12-10-8-6-4-2/h66,70,75-76,80-81H,3-65,67-69,71-74H2,1-2H3,(H,79,82)/b70-66+. The summed E-state index contributed by atoms with van der Waals surface area (Å²) in [5.74, 6) is -0.0341. The fourth-order valence-corrected chi connectivity index (χ4v) is 12.6. The lowest BCUT2D eigenvalue weighted by molar-refractivity contribution is -0.143. The molecule has 3 N–H and O–H groups in total. The van der Waals surface area contributed by atoms with Crippen molar-refractivity contribution in [2.24, 2.45) is 0 Å². The lowest BCUT2D eigenvalue weighted by Gasteiger charge is -2.20. The van der Waals surface area contributed by atoms with Crippen molar-refractivity contribution in [3.63, 3.8) is 0 Å². The smallest absolute Gasteiger partial charge is 0.305 e. The third kappa shape index (κ3) is 69.7. The maximum absolute atomic E-state index is 12.5. The Balaban J connectivity index is 3.34. The predicted molar refractivity (Wildman–Crippen MR) is 370 cm³/mol. The van der Waals surface area contributed by atoms with Crippen LogP contribution in [0.25, 0.3) is 0 Å². The molecule has 2 unspecified atom stereocenters. The van der Waals surface area contributed by atoms with Gasteiger partial charge in [-0.3, -0.25) is 9.59 Å². The molecule has 6 nitrogen and oxygen atoms in total. The number of allylic oxidation sites excluding steroid dienone is 1. The van der Waals surface area contributed by atoms with Crippen molar-refractivity contribution in [2.75, 3.05) is 13.2 Å². The minimum atomic E-state index is -0.842. The van der Waals surface area contributed by atoms with Crippen LogP contribution >= 0.6 is 0 Å². The normalized spacial score (nSPS) is 12.5. The van der Waals surface area contributed by atoms with Crippen LogP contribution in [0.4, 0.5) is 0 Å². The molecule has 84 heavy (non-hydrogen) atoms. The number of hydrogen-bond donors (Lipinski definition) is 3. The summed E-state index contributed by atoms with van der Waals surface area (Å²) in [7, 11) is 0. The molecular weight excluding hydrogens is 1030 g/mol. The number of rotatable bonds is 74. The van der Waals surface area contributed by atoms with E-state index < -0.39 is 12.1 Å². The van der Waals surface area contributed by atoms with Gasteiger partial charge < -0.3 is 20.3 Å². The Morgan fingerprint density at radius 1 is 0.321 bits per heavy atom. The van der Waals surface area contributed by atoms with Crippen LogP contribution < -0.4 is 5.32 Å². The number of esters is 1. The summed E-state index contributed by atoms with van der Waals surface area (Å²) in [5.41, 5.74) is 0. The SMILES string of the molecule is CCCCCCCCCCCCCCCCCCCC/C=C/C(O)C(CO)NC(=O)CCCCCCCCCCCCCCCCCCCCCCCCCCCCCCCCOC(=O)CCCCCCCCCCCCCCCCCCC. The molecule has 1 amide bonds. The van der Waals surface area contributed by atoms with Crippen molar-refractivity contribution >= 4 is 11.9 Å². The van der Waals surface area contributed by atoms with Crippen molar-refractivity contribution in [2.45, 2.75) is 463 Å². The van der Waals surface area contributed by atoms with Crippen LogP contribution in [-0.2, 0) is 14.3 Å². The van der Waals surface area contributed by atoms with Crippen molar-refractivity contribution in [3.8, 4) is 0 Å². The molecule has 6 heteroatoms. The number of carbonyl (C=O) groups excluding carboxylic acids is 2. The largest absolute Gasteiger partial charge is 0.466 e. The van der Waals surface area contributed by atoms with E-state index in [1.165, 1.54) is 385 Å². The number of unbranched alkanes of at least 4 members (excludes halogenated alkanes) is 63. The van der Waals surface area contributed by atoms with Crippen molar-refractivity contribution in [3.05, 3.63) is 12.2 Å². The van der Waals surface area contributed by atoms with Crippen LogP contribution in [-0.4, -0.2) is 47.4 Å². The van der Waals surface area contributed by atoms with Crippen molar-refractivity contribution < 1.29 is 24.5 Å². The van der Waals surface area contributed by atoms with Gasteiger partial charge in [0.15, 0.2) is 0 Å². The Kier molecular flexibility index (Phi) is 72.8. The summed E-state index contributed by atoms with van der Waals surface area (Å²) >= 11 is 0. The zero-order valence-corrected chi connectivity index (χ0v) is 57.4. The van der Waals surface area contributed by atoms with Crippen molar-refractivity contribution in [1.82, 2.24) is 5.32 Å². The summed E-state index contributed by atoms with van der Waals surface area (Å²) in [6.07, 6.45) is 93.3. The molecule has 0 saturated carbocycles. The van der Waals surface area contributed by atoms with E-state index in [1.54, 1.807) is 6.08 Å². The zero-order valence-electron chi connectivity index (χ0n) is 57.4. The number of amides is 1. The molecule has 0 aromatic rings. The predicted octanol–water partition coefficient (Wildman–Crippen LogP) is 25.5. The maximum atomic E-state index is 12.5. The summed E-state index contributed by atoms with van der Waals surface area (Å²) in [6, 6.07) is -0.625. The van der Waals surface area contributed by atoms with E-state index in [9.17, 15) is 19.8 Å². The molecule has 0 aliphatic heterocycles. The molecule has 0 aromatic carbocycles. The summed E-state index contributed by atoms with van der Waals surface area (Å²) in [6.45, 7) is 4.97. The van der Waals surface area contributed by atoms with E-state index in [4.69, 9.17) is 4.74 Å². The number of carbonyl (C=O) groups is 2. The minimum Gasteiger partial charge on any atom is -0.466 e.